The van der Waals surface area contributed by atoms with E-state index in [4.69, 9.17) is 0 Å². The van der Waals surface area contributed by atoms with Crippen molar-refractivity contribution in [1.82, 2.24) is 5.32 Å². The zero-order valence-electron chi connectivity index (χ0n) is 11.7. The van der Waals surface area contributed by atoms with E-state index in [1.54, 1.807) is 24.3 Å². The van der Waals surface area contributed by atoms with E-state index in [9.17, 15) is 15.0 Å². The first-order valence-electron chi connectivity index (χ1n) is 6.59. The Bertz CT molecular complexity index is 663. The van der Waals surface area contributed by atoms with Gasteiger partial charge in [-0.1, -0.05) is 48.5 Å². The number of hydrogen-bond donors (Lipinski definition) is 3. The molecule has 0 heterocycles. The van der Waals surface area contributed by atoms with Gasteiger partial charge < -0.3 is 15.5 Å². The highest BCUT2D eigenvalue weighted by Gasteiger charge is 2.14. The standard InChI is InChI=1S/C17H17NO3/c1-12(20)18-17(13-7-3-2-4-8-13)15(11-19)14-9-5-6-10-16(14)21/h2-10,19,21H,11H2,1H3,(H,18,20)/b17-15-. The summed E-state index contributed by atoms with van der Waals surface area (Å²) in [4.78, 5) is 11.5. The van der Waals surface area contributed by atoms with Crippen LogP contribution in [0.2, 0.25) is 0 Å². The van der Waals surface area contributed by atoms with E-state index in [0.29, 0.717) is 16.8 Å². The van der Waals surface area contributed by atoms with Crippen molar-refractivity contribution in [2.45, 2.75) is 6.92 Å². The number of nitrogens with one attached hydrogen (secondary N) is 1. The van der Waals surface area contributed by atoms with Crippen LogP contribution in [-0.2, 0) is 4.79 Å². The first-order valence-corrected chi connectivity index (χ1v) is 6.59. The van der Waals surface area contributed by atoms with Gasteiger partial charge in [-0.3, -0.25) is 4.79 Å². The first-order chi connectivity index (χ1) is 10.1. The number of amides is 1. The molecule has 108 valence electrons. The predicted octanol–water partition coefficient (Wildman–Crippen LogP) is 2.39. The minimum absolute atomic E-state index is 0.0559. The molecule has 2 aromatic rings. The van der Waals surface area contributed by atoms with Gasteiger partial charge >= 0.3 is 0 Å². The molecule has 0 aliphatic carbocycles. The summed E-state index contributed by atoms with van der Waals surface area (Å²) in [7, 11) is 0. The summed E-state index contributed by atoms with van der Waals surface area (Å²) >= 11 is 0. The van der Waals surface area contributed by atoms with Crippen LogP contribution >= 0.6 is 0 Å². The van der Waals surface area contributed by atoms with Crippen molar-refractivity contribution in [2.75, 3.05) is 6.61 Å². The van der Waals surface area contributed by atoms with E-state index in [-0.39, 0.29) is 18.3 Å². The van der Waals surface area contributed by atoms with Crippen LogP contribution in [0.3, 0.4) is 0 Å². The van der Waals surface area contributed by atoms with Crippen molar-refractivity contribution in [3.05, 3.63) is 65.7 Å². The summed E-state index contributed by atoms with van der Waals surface area (Å²) in [6.45, 7) is 1.10. The molecule has 0 atom stereocenters. The molecule has 0 radical (unpaired) electrons. The van der Waals surface area contributed by atoms with Gasteiger partial charge in [0.15, 0.2) is 0 Å². The molecule has 21 heavy (non-hydrogen) atoms. The van der Waals surface area contributed by atoms with Crippen molar-refractivity contribution in [2.24, 2.45) is 0 Å². The fourth-order valence-corrected chi connectivity index (χ4v) is 2.13. The van der Waals surface area contributed by atoms with Crippen molar-refractivity contribution < 1.29 is 15.0 Å². The Hall–Kier alpha value is -2.59. The van der Waals surface area contributed by atoms with Crippen LogP contribution in [0.15, 0.2) is 54.6 Å². The van der Waals surface area contributed by atoms with Gasteiger partial charge in [0, 0.05) is 18.1 Å². The second-order valence-corrected chi connectivity index (χ2v) is 4.58. The highest BCUT2D eigenvalue weighted by Crippen LogP contribution is 2.29. The van der Waals surface area contributed by atoms with E-state index < -0.39 is 0 Å². The summed E-state index contributed by atoms with van der Waals surface area (Å²) in [6.07, 6.45) is 0. The number of carbonyl (C=O) groups is 1. The lowest BCUT2D eigenvalue weighted by Gasteiger charge is -2.16. The summed E-state index contributed by atoms with van der Waals surface area (Å²) in [5.41, 5.74) is 2.22. The van der Waals surface area contributed by atoms with Crippen LogP contribution in [0.1, 0.15) is 18.1 Å². The summed E-state index contributed by atoms with van der Waals surface area (Å²) in [6, 6.07) is 15.9. The van der Waals surface area contributed by atoms with Gasteiger partial charge in [-0.05, 0) is 11.6 Å². The number of aromatic hydroxyl groups is 1. The third kappa shape index (κ3) is 3.49. The molecule has 0 aromatic heterocycles. The molecule has 2 aromatic carbocycles. The van der Waals surface area contributed by atoms with Gasteiger partial charge in [-0.2, -0.15) is 0 Å². The van der Waals surface area contributed by atoms with Gasteiger partial charge in [0.05, 0.1) is 12.3 Å². The van der Waals surface area contributed by atoms with E-state index in [2.05, 4.69) is 5.32 Å². The molecule has 4 heteroatoms. The normalized spacial score (nSPS) is 11.7. The second-order valence-electron chi connectivity index (χ2n) is 4.58. The number of aliphatic hydroxyl groups is 1. The van der Waals surface area contributed by atoms with Gasteiger partial charge in [0.25, 0.3) is 0 Å². The van der Waals surface area contributed by atoms with E-state index >= 15 is 0 Å². The molecule has 4 nitrogen and oxygen atoms in total. The summed E-state index contributed by atoms with van der Waals surface area (Å²) < 4.78 is 0. The molecule has 0 saturated heterocycles. The fraction of sp³-hybridized carbons (Fsp3) is 0.118. The zero-order chi connectivity index (χ0) is 15.2. The molecule has 0 spiro atoms. The molecule has 2 rings (SSSR count). The first kappa shape index (κ1) is 14.8. The van der Waals surface area contributed by atoms with Crippen molar-refractivity contribution in [3.63, 3.8) is 0 Å². The second kappa shape index (κ2) is 6.72. The number of rotatable bonds is 4. The maximum Gasteiger partial charge on any atom is 0.221 e. The lowest BCUT2D eigenvalue weighted by atomic mass is 9.99. The Morgan fingerprint density at radius 1 is 1.05 bits per heavy atom. The third-order valence-corrected chi connectivity index (χ3v) is 3.05. The number of para-hydroxylation sites is 1. The molecule has 0 aliphatic rings. The predicted molar refractivity (Wildman–Crippen MR) is 82.3 cm³/mol. The van der Waals surface area contributed by atoms with Crippen molar-refractivity contribution in [3.8, 4) is 5.75 Å². The Labute approximate surface area is 123 Å². The lowest BCUT2D eigenvalue weighted by molar-refractivity contribution is -0.117. The SMILES string of the molecule is CC(=O)N/C(=C(/CO)c1ccccc1O)c1ccccc1. The Morgan fingerprint density at radius 2 is 1.67 bits per heavy atom. The Kier molecular flexibility index (Phi) is 4.74. The number of phenols is 1. The van der Waals surface area contributed by atoms with Gasteiger partial charge in [-0.25, -0.2) is 0 Å². The molecular formula is C17H17NO3. The van der Waals surface area contributed by atoms with Crippen LogP contribution < -0.4 is 5.32 Å². The smallest absolute Gasteiger partial charge is 0.221 e. The number of aliphatic hydroxyl groups excluding tert-OH is 1. The Morgan fingerprint density at radius 3 is 2.24 bits per heavy atom. The average Bonchev–Trinajstić information content (AvgIpc) is 2.49. The van der Waals surface area contributed by atoms with E-state index in [1.165, 1.54) is 6.92 Å². The monoisotopic (exact) mass is 283 g/mol. The number of benzene rings is 2. The van der Waals surface area contributed by atoms with Crippen LogP contribution in [-0.4, -0.2) is 22.7 Å². The van der Waals surface area contributed by atoms with Crippen LogP contribution in [0.25, 0.3) is 11.3 Å². The van der Waals surface area contributed by atoms with Crippen molar-refractivity contribution in [1.29, 1.82) is 0 Å². The molecule has 3 N–H and O–H groups in total. The molecule has 1 amide bonds. The summed E-state index contributed by atoms with van der Waals surface area (Å²) in [5.74, 6) is -0.185. The molecule has 0 unspecified atom stereocenters. The molecule has 0 aliphatic heterocycles. The number of phenolic OH excluding ortho intramolecular Hbond substituents is 1. The topological polar surface area (TPSA) is 69.6 Å². The molecule has 0 saturated carbocycles. The average molecular weight is 283 g/mol. The fourth-order valence-electron chi connectivity index (χ4n) is 2.13. The highest BCUT2D eigenvalue weighted by molar-refractivity contribution is 5.98. The highest BCUT2D eigenvalue weighted by atomic mass is 16.3. The van der Waals surface area contributed by atoms with Gasteiger partial charge in [0.2, 0.25) is 5.91 Å². The quantitative estimate of drug-likeness (QED) is 0.755. The van der Waals surface area contributed by atoms with Crippen molar-refractivity contribution >= 4 is 17.2 Å². The maximum absolute atomic E-state index is 11.5. The third-order valence-electron chi connectivity index (χ3n) is 3.05. The van der Waals surface area contributed by atoms with Crippen LogP contribution in [0.4, 0.5) is 0 Å². The minimum Gasteiger partial charge on any atom is -0.507 e. The van der Waals surface area contributed by atoms with Gasteiger partial charge in [-0.15, -0.1) is 0 Å². The van der Waals surface area contributed by atoms with Gasteiger partial charge in [0.1, 0.15) is 5.75 Å². The summed E-state index contributed by atoms with van der Waals surface area (Å²) in [5, 5.41) is 22.5. The van der Waals surface area contributed by atoms with E-state index in [0.717, 1.165) is 5.56 Å². The maximum atomic E-state index is 11.5. The molecule has 0 fully saturated rings. The number of carbonyl (C=O) groups excluding carboxylic acids is 1. The molecule has 0 bridgehead atoms. The zero-order valence-corrected chi connectivity index (χ0v) is 11.7. The van der Waals surface area contributed by atoms with Crippen LogP contribution in [0, 0.1) is 0 Å². The van der Waals surface area contributed by atoms with Crippen LogP contribution in [0.5, 0.6) is 5.75 Å². The molecular weight excluding hydrogens is 266 g/mol. The Balaban J connectivity index is 2.64. The largest absolute Gasteiger partial charge is 0.507 e. The minimum atomic E-state index is -0.303. The number of hydrogen-bond acceptors (Lipinski definition) is 3. The van der Waals surface area contributed by atoms with E-state index in [1.807, 2.05) is 30.3 Å². The lowest BCUT2D eigenvalue weighted by Crippen LogP contribution is -2.20.